The molecule has 5 nitrogen and oxygen atoms in total. The Hall–Kier alpha value is -0.380. The zero-order valence-corrected chi connectivity index (χ0v) is 17.7. The zero-order chi connectivity index (χ0) is 16.1. The van der Waals surface area contributed by atoms with Gasteiger partial charge in [-0.3, -0.25) is 9.89 Å². The molecular weight excluding hydrogens is 435 g/mol. The van der Waals surface area contributed by atoms with Crippen molar-refractivity contribution in [1.82, 2.24) is 15.5 Å². The van der Waals surface area contributed by atoms with E-state index in [9.17, 15) is 0 Å². The second-order valence-corrected chi connectivity index (χ2v) is 7.48. The standard InChI is InChI=1S/C17H28N4OS.HI/c1-13(16-6-4-8-23-16)9-19-17(18-2)20-10-15-11-21-7-3-5-14(21)12-22-15;/h4,6,8,13-15H,3,5,7,9-12H2,1-2H3,(H2,18,19,20);1H. The molecule has 3 heterocycles. The lowest BCUT2D eigenvalue weighted by Crippen LogP contribution is -2.51. The van der Waals surface area contributed by atoms with Crippen molar-refractivity contribution in [3.8, 4) is 0 Å². The molecule has 0 aliphatic carbocycles. The lowest BCUT2D eigenvalue weighted by Gasteiger charge is -2.35. The van der Waals surface area contributed by atoms with E-state index in [4.69, 9.17) is 4.74 Å². The van der Waals surface area contributed by atoms with Crippen LogP contribution in [-0.4, -0.2) is 62.8 Å². The summed E-state index contributed by atoms with van der Waals surface area (Å²) in [5.74, 6) is 1.35. The van der Waals surface area contributed by atoms with Crippen LogP contribution >= 0.6 is 35.3 Å². The van der Waals surface area contributed by atoms with Crippen molar-refractivity contribution in [3.63, 3.8) is 0 Å². The topological polar surface area (TPSA) is 48.9 Å². The Morgan fingerprint density at radius 2 is 2.38 bits per heavy atom. The van der Waals surface area contributed by atoms with Gasteiger partial charge in [-0.1, -0.05) is 13.0 Å². The number of guanidine groups is 1. The summed E-state index contributed by atoms with van der Waals surface area (Å²) in [4.78, 5) is 8.30. The molecule has 24 heavy (non-hydrogen) atoms. The van der Waals surface area contributed by atoms with Gasteiger partial charge in [0.25, 0.3) is 0 Å². The Balaban J connectivity index is 0.00000208. The van der Waals surface area contributed by atoms with E-state index >= 15 is 0 Å². The van der Waals surface area contributed by atoms with Gasteiger partial charge in [0.15, 0.2) is 5.96 Å². The molecule has 0 amide bonds. The molecule has 2 aliphatic heterocycles. The fourth-order valence-corrected chi connectivity index (χ4v) is 4.15. The Bertz CT molecular complexity index is 511. The van der Waals surface area contributed by atoms with E-state index in [1.54, 1.807) is 0 Å². The molecule has 0 saturated carbocycles. The van der Waals surface area contributed by atoms with Gasteiger partial charge < -0.3 is 15.4 Å². The summed E-state index contributed by atoms with van der Waals surface area (Å²) in [7, 11) is 1.82. The van der Waals surface area contributed by atoms with Gasteiger partial charge in [0.2, 0.25) is 0 Å². The average molecular weight is 464 g/mol. The van der Waals surface area contributed by atoms with Crippen molar-refractivity contribution < 1.29 is 4.74 Å². The number of halogens is 1. The highest BCUT2D eigenvalue weighted by atomic mass is 127. The summed E-state index contributed by atoms with van der Waals surface area (Å²) in [6.45, 7) is 7.10. The number of hydrogen-bond donors (Lipinski definition) is 2. The Morgan fingerprint density at radius 3 is 3.12 bits per heavy atom. The summed E-state index contributed by atoms with van der Waals surface area (Å²) in [5, 5.41) is 8.96. The molecule has 3 atom stereocenters. The third-order valence-corrected chi connectivity index (χ3v) is 5.89. The van der Waals surface area contributed by atoms with Crippen molar-refractivity contribution in [2.24, 2.45) is 4.99 Å². The number of hydrogen-bond acceptors (Lipinski definition) is 4. The Morgan fingerprint density at radius 1 is 1.50 bits per heavy atom. The lowest BCUT2D eigenvalue weighted by atomic mass is 10.1. The molecule has 0 radical (unpaired) electrons. The number of morpholine rings is 1. The maximum atomic E-state index is 5.99. The summed E-state index contributed by atoms with van der Waals surface area (Å²) < 4.78 is 5.99. The molecule has 0 spiro atoms. The lowest BCUT2D eigenvalue weighted by molar-refractivity contribution is -0.0453. The van der Waals surface area contributed by atoms with Crippen LogP contribution in [0.5, 0.6) is 0 Å². The number of rotatable bonds is 5. The van der Waals surface area contributed by atoms with Gasteiger partial charge in [-0.05, 0) is 30.8 Å². The molecule has 0 bridgehead atoms. The van der Waals surface area contributed by atoms with Gasteiger partial charge in [0.1, 0.15) is 0 Å². The molecule has 1 aromatic rings. The molecule has 2 N–H and O–H groups in total. The normalized spacial score (nSPS) is 25.7. The van der Waals surface area contributed by atoms with Crippen molar-refractivity contribution in [3.05, 3.63) is 22.4 Å². The molecule has 7 heteroatoms. The second kappa shape index (κ2) is 9.94. The molecule has 0 aromatic carbocycles. The smallest absolute Gasteiger partial charge is 0.191 e. The largest absolute Gasteiger partial charge is 0.373 e. The summed E-state index contributed by atoms with van der Waals surface area (Å²) >= 11 is 1.81. The molecule has 3 rings (SSSR count). The fourth-order valence-electron chi connectivity index (χ4n) is 3.36. The highest BCUT2D eigenvalue weighted by Crippen LogP contribution is 2.22. The summed E-state index contributed by atoms with van der Waals surface area (Å²) in [5.41, 5.74) is 0. The van der Waals surface area contributed by atoms with Crippen LogP contribution in [0.4, 0.5) is 0 Å². The second-order valence-electron chi connectivity index (χ2n) is 6.50. The minimum atomic E-state index is 0. The van der Waals surface area contributed by atoms with Crippen LogP contribution in [0.2, 0.25) is 0 Å². The van der Waals surface area contributed by atoms with Crippen LogP contribution in [-0.2, 0) is 4.74 Å². The van der Waals surface area contributed by atoms with Crippen molar-refractivity contribution >= 4 is 41.3 Å². The number of fused-ring (bicyclic) bond motifs is 1. The highest BCUT2D eigenvalue weighted by Gasteiger charge is 2.32. The van der Waals surface area contributed by atoms with Crippen LogP contribution in [0.15, 0.2) is 22.5 Å². The maximum absolute atomic E-state index is 5.99. The Labute approximate surface area is 166 Å². The van der Waals surface area contributed by atoms with Gasteiger partial charge in [-0.15, -0.1) is 35.3 Å². The van der Waals surface area contributed by atoms with Gasteiger partial charge in [-0.2, -0.15) is 0 Å². The van der Waals surface area contributed by atoms with Crippen LogP contribution in [0.25, 0.3) is 0 Å². The quantitative estimate of drug-likeness (QED) is 0.400. The van der Waals surface area contributed by atoms with Crippen LogP contribution in [0.1, 0.15) is 30.6 Å². The predicted octanol–water partition coefficient (Wildman–Crippen LogP) is 2.50. The number of thiophene rings is 1. The van der Waals surface area contributed by atoms with Gasteiger partial charge in [0.05, 0.1) is 12.7 Å². The molecule has 2 fully saturated rings. The first-order valence-corrected chi connectivity index (χ1v) is 9.48. The maximum Gasteiger partial charge on any atom is 0.191 e. The number of ether oxygens (including phenoxy) is 1. The van der Waals surface area contributed by atoms with E-state index in [1.807, 2.05) is 18.4 Å². The molecule has 2 saturated heterocycles. The first-order valence-electron chi connectivity index (χ1n) is 8.60. The van der Waals surface area contributed by atoms with Crippen molar-refractivity contribution in [1.29, 1.82) is 0 Å². The predicted molar refractivity (Wildman–Crippen MR) is 112 cm³/mol. The van der Waals surface area contributed by atoms with E-state index < -0.39 is 0 Å². The molecule has 136 valence electrons. The average Bonchev–Trinajstić information content (AvgIpc) is 3.25. The number of nitrogens with zero attached hydrogens (tertiary/aromatic N) is 2. The fraction of sp³-hybridized carbons (Fsp3) is 0.706. The van der Waals surface area contributed by atoms with Crippen LogP contribution in [0, 0.1) is 0 Å². The summed E-state index contributed by atoms with van der Waals surface area (Å²) in [6, 6.07) is 4.96. The highest BCUT2D eigenvalue weighted by molar-refractivity contribution is 14.0. The first kappa shape index (κ1) is 19.9. The third-order valence-electron chi connectivity index (χ3n) is 4.79. The molecule has 3 unspecified atom stereocenters. The van der Waals surface area contributed by atoms with E-state index in [0.717, 1.165) is 32.2 Å². The van der Waals surface area contributed by atoms with E-state index in [1.165, 1.54) is 24.3 Å². The van der Waals surface area contributed by atoms with E-state index in [-0.39, 0.29) is 30.1 Å². The monoisotopic (exact) mass is 464 g/mol. The summed E-state index contributed by atoms with van der Waals surface area (Å²) in [6.07, 6.45) is 2.87. The first-order chi connectivity index (χ1) is 11.3. The van der Waals surface area contributed by atoms with Crippen LogP contribution < -0.4 is 10.6 Å². The number of aliphatic imine (C=N–C) groups is 1. The van der Waals surface area contributed by atoms with Crippen molar-refractivity contribution in [2.75, 3.05) is 39.8 Å². The van der Waals surface area contributed by atoms with Crippen LogP contribution in [0.3, 0.4) is 0 Å². The van der Waals surface area contributed by atoms with Crippen molar-refractivity contribution in [2.45, 2.75) is 37.8 Å². The molecule has 1 aromatic heterocycles. The molecular formula is C17H29IN4OS. The van der Waals surface area contributed by atoms with E-state index in [2.05, 4.69) is 45.0 Å². The Kier molecular flexibility index (Phi) is 8.25. The zero-order valence-electron chi connectivity index (χ0n) is 14.5. The minimum absolute atomic E-state index is 0. The van der Waals surface area contributed by atoms with Gasteiger partial charge in [0, 0.05) is 43.5 Å². The van der Waals surface area contributed by atoms with Gasteiger partial charge in [-0.25, -0.2) is 0 Å². The SMILES string of the molecule is CN=C(NCC1CN2CCCC2CO1)NCC(C)c1cccs1.I. The minimum Gasteiger partial charge on any atom is -0.373 e. The number of nitrogens with one attached hydrogen (secondary N) is 2. The molecule has 2 aliphatic rings. The third kappa shape index (κ3) is 5.31. The van der Waals surface area contributed by atoms with E-state index in [0.29, 0.717) is 12.0 Å². The van der Waals surface area contributed by atoms with Gasteiger partial charge >= 0.3 is 0 Å².